The highest BCUT2D eigenvalue weighted by molar-refractivity contribution is 5.99. The molecule has 3 rings (SSSR count). The Morgan fingerprint density at radius 3 is 2.25 bits per heavy atom. The van der Waals surface area contributed by atoms with E-state index in [1.54, 1.807) is 12.1 Å². The van der Waals surface area contributed by atoms with E-state index in [-0.39, 0.29) is 18.4 Å². The van der Waals surface area contributed by atoms with E-state index >= 15 is 0 Å². The number of nitrogens with one attached hydrogen (secondary N) is 3. The zero-order valence-corrected chi connectivity index (χ0v) is 25.2. The molecule has 0 aromatic heterocycles. The number of aliphatic hydroxyl groups is 2. The number of anilines is 2. The molecule has 0 spiro atoms. The van der Waals surface area contributed by atoms with Crippen LogP contribution >= 0.6 is 0 Å². The number of hydrogen-bond donors (Lipinski definition) is 7. The topological polar surface area (TPSA) is 170 Å². The predicted octanol–water partition coefficient (Wildman–Crippen LogP) is 5.04. The van der Waals surface area contributed by atoms with Gasteiger partial charge in [-0.25, -0.2) is 4.79 Å². The Balaban J connectivity index is 0.00000159. The van der Waals surface area contributed by atoms with Gasteiger partial charge < -0.3 is 45.9 Å². The highest BCUT2D eigenvalue weighted by Gasteiger charge is 2.10. The van der Waals surface area contributed by atoms with Crippen LogP contribution in [-0.2, 0) is 27.5 Å². The summed E-state index contributed by atoms with van der Waals surface area (Å²) in [7, 11) is 0. The van der Waals surface area contributed by atoms with E-state index in [9.17, 15) is 20.1 Å². The third-order valence-corrected chi connectivity index (χ3v) is 6.20. The Hall–Kier alpha value is -4.00. The number of amides is 2. The number of rotatable bonds is 18. The zero-order chi connectivity index (χ0) is 32.0. The number of ether oxygens (including phenoxy) is 2. The molecule has 7 N–H and O–H groups in total. The first-order valence-corrected chi connectivity index (χ1v) is 14.7. The van der Waals surface area contributed by atoms with E-state index in [1.165, 1.54) is 6.07 Å². The Labute approximate surface area is 258 Å². The number of aliphatic hydroxyl groups excluding tert-OH is 2. The first kappa shape index (κ1) is 36.2. The number of phenols is 1. The van der Waals surface area contributed by atoms with Crippen LogP contribution < -0.4 is 16.0 Å². The number of urea groups is 1. The summed E-state index contributed by atoms with van der Waals surface area (Å²) in [6, 6.07) is 21.4. The van der Waals surface area contributed by atoms with Crippen molar-refractivity contribution >= 4 is 23.4 Å². The van der Waals surface area contributed by atoms with Gasteiger partial charge in [0.05, 0.1) is 19.3 Å². The second kappa shape index (κ2) is 21.7. The van der Waals surface area contributed by atoms with Crippen molar-refractivity contribution in [3.05, 3.63) is 89.5 Å². The minimum absolute atomic E-state index is 0.0308. The molecule has 0 saturated carbocycles. The van der Waals surface area contributed by atoms with Crippen LogP contribution in [0.3, 0.4) is 0 Å². The number of aliphatic carboxylic acids is 1. The number of carboxylic acid groups (broad SMARTS) is 1. The molecule has 0 aliphatic rings. The average Bonchev–Trinajstić information content (AvgIpc) is 3.00. The summed E-state index contributed by atoms with van der Waals surface area (Å²) in [5.74, 6) is -0.803. The Kier molecular flexibility index (Phi) is 17.8. The third kappa shape index (κ3) is 16.0. The smallest absolute Gasteiger partial charge is 0.323 e. The van der Waals surface area contributed by atoms with Gasteiger partial charge in [0.25, 0.3) is 5.97 Å². The fourth-order valence-electron chi connectivity index (χ4n) is 4.04. The average molecular weight is 612 g/mol. The molecule has 3 aromatic rings. The maximum absolute atomic E-state index is 12.2. The molecule has 0 heterocycles. The molecular formula is C33H45N3O8. The fourth-order valence-corrected chi connectivity index (χ4v) is 4.04. The lowest BCUT2D eigenvalue weighted by atomic mass is 10.1. The molecule has 0 aliphatic heterocycles. The Morgan fingerprint density at radius 2 is 1.50 bits per heavy atom. The van der Waals surface area contributed by atoms with E-state index in [4.69, 9.17) is 19.4 Å². The second-order valence-electron chi connectivity index (χ2n) is 10.0. The minimum atomic E-state index is -0.833. The Bertz CT molecular complexity index is 1240. The van der Waals surface area contributed by atoms with Crippen LogP contribution in [0, 0.1) is 0 Å². The van der Waals surface area contributed by atoms with E-state index < -0.39 is 12.1 Å². The van der Waals surface area contributed by atoms with Gasteiger partial charge in [0, 0.05) is 50.2 Å². The molecule has 2 amide bonds. The molecule has 0 saturated heterocycles. The lowest BCUT2D eigenvalue weighted by Gasteiger charge is -2.14. The number of aromatic hydroxyl groups is 1. The summed E-state index contributed by atoms with van der Waals surface area (Å²) >= 11 is 0. The van der Waals surface area contributed by atoms with E-state index in [1.807, 2.05) is 54.6 Å². The van der Waals surface area contributed by atoms with Crippen molar-refractivity contribution in [1.29, 1.82) is 0 Å². The summed E-state index contributed by atoms with van der Waals surface area (Å²) in [6.45, 7) is 4.44. The standard InChI is InChI=1S/C31H41N3O6.C2H4O2/c35-22-26-20-25(13-14-29(26)36)30(37)21-32-15-5-2-6-16-39-17-8-18-40-23-24-9-7-12-28(19-24)34-31(38)33-27-10-3-1-4-11-27;1-2(3)4/h1,3-4,7,9-14,19-20,30,32,35-37H,2,5-6,8,15-18,21-23H2,(H2,33,34,38);1H3,(H,3,4)/t30-;/m0./s1. The van der Waals surface area contributed by atoms with E-state index in [2.05, 4.69) is 16.0 Å². The van der Waals surface area contributed by atoms with Crippen LogP contribution in [0.5, 0.6) is 5.75 Å². The first-order valence-electron chi connectivity index (χ1n) is 14.7. The summed E-state index contributed by atoms with van der Waals surface area (Å²) in [5.41, 5.74) is 3.50. The molecule has 0 unspecified atom stereocenters. The van der Waals surface area contributed by atoms with Gasteiger partial charge in [0.15, 0.2) is 0 Å². The number of unbranched alkanes of at least 4 members (excludes halogenated alkanes) is 2. The molecule has 11 nitrogen and oxygen atoms in total. The first-order chi connectivity index (χ1) is 21.3. The highest BCUT2D eigenvalue weighted by atomic mass is 16.5. The SMILES string of the molecule is CC(=O)O.O=C(Nc1ccccc1)Nc1cccc(COCCCOCCCCCNC[C@H](O)c2ccc(O)c(CO)c2)c1. The molecule has 0 fully saturated rings. The van der Waals surface area contributed by atoms with Gasteiger partial charge in [-0.3, -0.25) is 4.79 Å². The quantitative estimate of drug-likeness (QED) is 0.0975. The molecule has 0 aliphatic carbocycles. The molecule has 3 aromatic carbocycles. The van der Waals surface area contributed by atoms with Gasteiger partial charge in [0.1, 0.15) is 5.75 Å². The number of carbonyl (C=O) groups excluding carboxylic acids is 1. The predicted molar refractivity (Wildman–Crippen MR) is 170 cm³/mol. The molecule has 240 valence electrons. The fraction of sp³-hybridized carbons (Fsp3) is 0.394. The van der Waals surface area contributed by atoms with Crippen LogP contribution in [0.15, 0.2) is 72.8 Å². The highest BCUT2D eigenvalue weighted by Crippen LogP contribution is 2.22. The number of para-hydroxylation sites is 1. The maximum Gasteiger partial charge on any atom is 0.323 e. The van der Waals surface area contributed by atoms with Crippen molar-refractivity contribution < 1.29 is 39.5 Å². The normalized spacial score (nSPS) is 11.2. The van der Waals surface area contributed by atoms with Crippen molar-refractivity contribution in [2.24, 2.45) is 0 Å². The summed E-state index contributed by atoms with van der Waals surface area (Å²) < 4.78 is 11.5. The molecule has 11 heteroatoms. The lowest BCUT2D eigenvalue weighted by Crippen LogP contribution is -2.22. The number of carboxylic acids is 1. The van der Waals surface area contributed by atoms with Crippen molar-refractivity contribution in [2.75, 3.05) is 43.5 Å². The van der Waals surface area contributed by atoms with Crippen molar-refractivity contribution in [3.8, 4) is 5.75 Å². The molecular weight excluding hydrogens is 566 g/mol. The van der Waals surface area contributed by atoms with Gasteiger partial charge in [0.2, 0.25) is 0 Å². The van der Waals surface area contributed by atoms with Crippen molar-refractivity contribution in [2.45, 2.75) is 51.9 Å². The van der Waals surface area contributed by atoms with Gasteiger partial charge >= 0.3 is 6.03 Å². The number of hydrogen-bond acceptors (Lipinski definition) is 8. The van der Waals surface area contributed by atoms with E-state index in [0.717, 1.165) is 50.4 Å². The van der Waals surface area contributed by atoms with Gasteiger partial charge in [-0.05, 0) is 79.8 Å². The van der Waals surface area contributed by atoms with Crippen LogP contribution in [0.2, 0.25) is 0 Å². The summed E-state index contributed by atoms with van der Waals surface area (Å²) in [5, 5.41) is 45.4. The van der Waals surface area contributed by atoms with Crippen LogP contribution in [0.25, 0.3) is 0 Å². The number of carbonyl (C=O) groups is 2. The minimum Gasteiger partial charge on any atom is -0.508 e. The van der Waals surface area contributed by atoms with Crippen LogP contribution in [0.4, 0.5) is 16.2 Å². The maximum atomic E-state index is 12.2. The molecule has 1 atom stereocenters. The summed E-state index contributed by atoms with van der Waals surface area (Å²) in [6.07, 6.45) is 3.11. The van der Waals surface area contributed by atoms with Gasteiger partial charge in [-0.1, -0.05) is 36.4 Å². The van der Waals surface area contributed by atoms with Crippen molar-refractivity contribution in [3.63, 3.8) is 0 Å². The monoisotopic (exact) mass is 611 g/mol. The van der Waals surface area contributed by atoms with Gasteiger partial charge in [-0.15, -0.1) is 0 Å². The molecule has 0 bridgehead atoms. The van der Waals surface area contributed by atoms with Gasteiger partial charge in [-0.2, -0.15) is 0 Å². The Morgan fingerprint density at radius 1 is 0.818 bits per heavy atom. The number of benzene rings is 3. The van der Waals surface area contributed by atoms with Crippen LogP contribution in [-0.4, -0.2) is 65.3 Å². The second-order valence-corrected chi connectivity index (χ2v) is 10.0. The molecule has 44 heavy (non-hydrogen) atoms. The zero-order valence-electron chi connectivity index (χ0n) is 25.2. The lowest BCUT2D eigenvalue weighted by molar-refractivity contribution is -0.134. The summed E-state index contributed by atoms with van der Waals surface area (Å²) in [4.78, 5) is 21.2. The largest absolute Gasteiger partial charge is 0.508 e. The molecule has 0 radical (unpaired) electrons. The van der Waals surface area contributed by atoms with Crippen LogP contribution in [0.1, 0.15) is 55.4 Å². The third-order valence-electron chi connectivity index (χ3n) is 6.20. The van der Waals surface area contributed by atoms with Crippen molar-refractivity contribution in [1.82, 2.24) is 5.32 Å². The van der Waals surface area contributed by atoms with E-state index in [0.29, 0.717) is 49.8 Å².